The largest absolute Gasteiger partial charge is 0.484 e. The number of hydrogen-bond acceptors (Lipinski definition) is 3. The molecular formula is C30H36N2O3. The van der Waals surface area contributed by atoms with E-state index in [4.69, 9.17) is 4.74 Å². The van der Waals surface area contributed by atoms with Gasteiger partial charge in [-0.25, -0.2) is 0 Å². The molecule has 1 N–H and O–H groups in total. The minimum atomic E-state index is -0.688. The third-order valence-electron chi connectivity index (χ3n) is 5.52. The molecule has 0 aliphatic rings. The Balaban J connectivity index is 1.91. The van der Waals surface area contributed by atoms with E-state index in [-0.39, 0.29) is 18.4 Å². The summed E-state index contributed by atoms with van der Waals surface area (Å²) in [6.07, 6.45) is 0.408. The van der Waals surface area contributed by atoms with Gasteiger partial charge in [0.25, 0.3) is 5.91 Å². The first-order chi connectivity index (χ1) is 16.6. The predicted molar refractivity (Wildman–Crippen MR) is 140 cm³/mol. The topological polar surface area (TPSA) is 58.6 Å². The smallest absolute Gasteiger partial charge is 0.261 e. The van der Waals surface area contributed by atoms with E-state index in [0.717, 1.165) is 22.3 Å². The van der Waals surface area contributed by atoms with Crippen molar-refractivity contribution in [3.05, 3.63) is 101 Å². The number of carbonyl (C=O) groups excluding carboxylic acids is 2. The van der Waals surface area contributed by atoms with Crippen LogP contribution in [0.4, 0.5) is 0 Å². The lowest BCUT2D eigenvalue weighted by atomic mass is 10.0. The molecule has 5 heteroatoms. The normalized spacial score (nSPS) is 12.0. The number of ether oxygens (including phenoxy) is 1. The van der Waals surface area contributed by atoms with Crippen LogP contribution in [0.2, 0.25) is 0 Å². The number of carbonyl (C=O) groups is 2. The van der Waals surface area contributed by atoms with Crippen molar-refractivity contribution in [1.29, 1.82) is 0 Å². The number of nitrogens with one attached hydrogen (secondary N) is 1. The minimum Gasteiger partial charge on any atom is -0.484 e. The van der Waals surface area contributed by atoms with E-state index >= 15 is 0 Å². The lowest BCUT2D eigenvalue weighted by Crippen LogP contribution is -2.55. The Bertz CT molecular complexity index is 1100. The lowest BCUT2D eigenvalue weighted by Gasteiger charge is -2.33. The van der Waals surface area contributed by atoms with Gasteiger partial charge in [0.2, 0.25) is 5.91 Å². The van der Waals surface area contributed by atoms with Crippen molar-refractivity contribution in [2.75, 3.05) is 6.61 Å². The summed E-state index contributed by atoms with van der Waals surface area (Å²) in [7, 11) is 0. The molecule has 0 unspecified atom stereocenters. The van der Waals surface area contributed by atoms with E-state index in [1.807, 2.05) is 107 Å². The molecule has 0 radical (unpaired) electrons. The summed E-state index contributed by atoms with van der Waals surface area (Å²) in [5, 5.41) is 3.08. The number of amides is 2. The molecule has 5 nitrogen and oxygen atoms in total. The average Bonchev–Trinajstić information content (AvgIpc) is 2.79. The maximum absolute atomic E-state index is 13.6. The van der Waals surface area contributed by atoms with Gasteiger partial charge in [0.1, 0.15) is 11.8 Å². The molecule has 0 aromatic heterocycles. The van der Waals surface area contributed by atoms with Crippen molar-refractivity contribution in [2.45, 2.75) is 59.2 Å². The highest BCUT2D eigenvalue weighted by Crippen LogP contribution is 2.19. The number of rotatable bonds is 9. The fourth-order valence-electron chi connectivity index (χ4n) is 4.03. The van der Waals surface area contributed by atoms with Crippen LogP contribution >= 0.6 is 0 Å². The first-order valence-corrected chi connectivity index (χ1v) is 12.0. The first kappa shape index (κ1) is 26.0. The van der Waals surface area contributed by atoms with E-state index in [1.54, 1.807) is 4.90 Å². The molecule has 35 heavy (non-hydrogen) atoms. The van der Waals surface area contributed by atoms with Gasteiger partial charge in [0, 0.05) is 18.5 Å². The average molecular weight is 473 g/mol. The summed E-state index contributed by atoms with van der Waals surface area (Å²) in [5.74, 6) is 0.226. The summed E-state index contributed by atoms with van der Waals surface area (Å²) >= 11 is 0. The van der Waals surface area contributed by atoms with Crippen LogP contribution < -0.4 is 10.1 Å². The van der Waals surface area contributed by atoms with E-state index < -0.39 is 11.6 Å². The molecule has 0 saturated heterocycles. The van der Waals surface area contributed by atoms with Crippen molar-refractivity contribution in [3.8, 4) is 5.75 Å². The van der Waals surface area contributed by atoms with Gasteiger partial charge in [0.05, 0.1) is 0 Å². The van der Waals surface area contributed by atoms with Crippen LogP contribution in [0.5, 0.6) is 5.75 Å². The molecule has 3 aromatic rings. The zero-order valence-corrected chi connectivity index (χ0v) is 21.4. The Morgan fingerprint density at radius 3 is 1.94 bits per heavy atom. The third-order valence-corrected chi connectivity index (χ3v) is 5.52. The third kappa shape index (κ3) is 8.29. The fraction of sp³-hybridized carbons (Fsp3) is 0.333. The van der Waals surface area contributed by atoms with Gasteiger partial charge in [-0.1, -0.05) is 66.7 Å². The van der Waals surface area contributed by atoms with E-state index in [1.165, 1.54) is 0 Å². The molecule has 184 valence electrons. The second kappa shape index (κ2) is 11.7. The Kier molecular flexibility index (Phi) is 8.69. The van der Waals surface area contributed by atoms with E-state index in [2.05, 4.69) is 11.4 Å². The van der Waals surface area contributed by atoms with Gasteiger partial charge in [-0.3, -0.25) is 9.59 Å². The highest BCUT2D eigenvalue weighted by Gasteiger charge is 2.32. The van der Waals surface area contributed by atoms with Gasteiger partial charge < -0.3 is 15.0 Å². The van der Waals surface area contributed by atoms with Crippen LogP contribution in [-0.4, -0.2) is 34.9 Å². The van der Waals surface area contributed by atoms with Gasteiger partial charge in [-0.05, 0) is 69.0 Å². The Morgan fingerprint density at radius 1 is 0.857 bits per heavy atom. The molecule has 0 bridgehead atoms. The maximum Gasteiger partial charge on any atom is 0.261 e. The summed E-state index contributed by atoms with van der Waals surface area (Å²) in [4.78, 5) is 28.8. The SMILES string of the molecule is Cc1cc(C)cc(OCC(=O)N(Cc2ccccc2)[C@H](Cc2ccccc2)C(=O)NC(C)(C)C)c1. The van der Waals surface area contributed by atoms with Crippen LogP contribution in [0.15, 0.2) is 78.9 Å². The van der Waals surface area contributed by atoms with Gasteiger partial charge >= 0.3 is 0 Å². The standard InChI is InChI=1S/C30H36N2O3/c1-22-16-23(2)18-26(17-22)35-21-28(33)32(20-25-14-10-7-11-15-25)27(29(34)31-30(3,4)5)19-24-12-8-6-9-13-24/h6-18,27H,19-21H2,1-5H3,(H,31,34)/t27-/m1/s1. The van der Waals surface area contributed by atoms with E-state index in [0.29, 0.717) is 18.7 Å². The van der Waals surface area contributed by atoms with Crippen molar-refractivity contribution < 1.29 is 14.3 Å². The molecule has 0 spiro atoms. The van der Waals surface area contributed by atoms with Crippen molar-refractivity contribution in [3.63, 3.8) is 0 Å². The molecule has 2 amide bonds. The van der Waals surface area contributed by atoms with Crippen molar-refractivity contribution in [1.82, 2.24) is 10.2 Å². The first-order valence-electron chi connectivity index (χ1n) is 12.0. The predicted octanol–water partition coefficient (Wildman–Crippen LogP) is 5.24. The van der Waals surface area contributed by atoms with Crippen LogP contribution in [0.25, 0.3) is 0 Å². The lowest BCUT2D eigenvalue weighted by molar-refractivity contribution is -0.143. The second-order valence-corrected chi connectivity index (χ2v) is 10.1. The van der Waals surface area contributed by atoms with Crippen molar-refractivity contribution >= 4 is 11.8 Å². The van der Waals surface area contributed by atoms with Crippen LogP contribution in [0.3, 0.4) is 0 Å². The molecule has 0 aliphatic carbocycles. The highest BCUT2D eigenvalue weighted by atomic mass is 16.5. The highest BCUT2D eigenvalue weighted by molar-refractivity contribution is 5.89. The second-order valence-electron chi connectivity index (χ2n) is 10.1. The summed E-state index contributed by atoms with van der Waals surface area (Å²) in [5.41, 5.74) is 3.65. The zero-order valence-electron chi connectivity index (χ0n) is 21.4. The van der Waals surface area contributed by atoms with Gasteiger partial charge in [0.15, 0.2) is 6.61 Å². The van der Waals surface area contributed by atoms with Crippen molar-refractivity contribution in [2.24, 2.45) is 0 Å². The van der Waals surface area contributed by atoms with Gasteiger partial charge in [-0.15, -0.1) is 0 Å². The fourth-order valence-corrected chi connectivity index (χ4v) is 4.03. The Morgan fingerprint density at radius 2 is 1.40 bits per heavy atom. The molecule has 0 fully saturated rings. The number of aryl methyl sites for hydroxylation is 2. The molecule has 0 heterocycles. The van der Waals surface area contributed by atoms with Crippen LogP contribution in [0, 0.1) is 13.8 Å². The summed E-state index contributed by atoms with van der Waals surface area (Å²) in [6, 6.07) is 24.7. The summed E-state index contributed by atoms with van der Waals surface area (Å²) in [6.45, 7) is 9.98. The summed E-state index contributed by atoms with van der Waals surface area (Å²) < 4.78 is 5.91. The number of nitrogens with zero attached hydrogens (tertiary/aromatic N) is 1. The zero-order chi connectivity index (χ0) is 25.4. The number of hydrogen-bond donors (Lipinski definition) is 1. The molecule has 3 rings (SSSR count). The Hall–Kier alpha value is -3.60. The van der Waals surface area contributed by atoms with Gasteiger partial charge in [-0.2, -0.15) is 0 Å². The van der Waals surface area contributed by atoms with Crippen LogP contribution in [0.1, 0.15) is 43.0 Å². The quantitative estimate of drug-likeness (QED) is 0.464. The monoisotopic (exact) mass is 472 g/mol. The molecule has 1 atom stereocenters. The molecule has 0 aliphatic heterocycles. The van der Waals surface area contributed by atoms with E-state index in [9.17, 15) is 9.59 Å². The molecule has 0 saturated carbocycles. The maximum atomic E-state index is 13.6. The molecule has 3 aromatic carbocycles. The van der Waals surface area contributed by atoms with Crippen LogP contribution in [-0.2, 0) is 22.6 Å². The minimum absolute atomic E-state index is 0.149. The Labute approximate surface area is 209 Å². The number of benzene rings is 3. The molecular weight excluding hydrogens is 436 g/mol.